The van der Waals surface area contributed by atoms with Crippen molar-refractivity contribution in [3.63, 3.8) is 0 Å². The summed E-state index contributed by atoms with van der Waals surface area (Å²) in [5.74, 6) is 2.24. The van der Waals surface area contributed by atoms with Gasteiger partial charge in [-0.05, 0) is 44.1 Å². The van der Waals surface area contributed by atoms with Gasteiger partial charge in [0.2, 0.25) is 11.8 Å². The Balaban J connectivity index is 0.969. The molecule has 6 aliphatic rings. The lowest BCUT2D eigenvalue weighted by Gasteiger charge is -2.31. The van der Waals surface area contributed by atoms with Crippen LogP contribution in [0.4, 0.5) is 0 Å². The van der Waals surface area contributed by atoms with Crippen molar-refractivity contribution in [2.24, 2.45) is 28.1 Å². The minimum absolute atomic E-state index is 0.0532. The number of nitrogens with zero attached hydrogens (tertiary/aromatic N) is 5. The number of amides is 2. The molecular weight excluding hydrogens is 472 g/mol. The van der Waals surface area contributed by atoms with Gasteiger partial charge >= 0.3 is 0 Å². The molecule has 5 fully saturated rings. The van der Waals surface area contributed by atoms with Gasteiger partial charge in [0.15, 0.2) is 0 Å². The van der Waals surface area contributed by atoms with Crippen LogP contribution in [-0.4, -0.2) is 84.2 Å². The van der Waals surface area contributed by atoms with Gasteiger partial charge in [0.25, 0.3) is 5.91 Å². The molecule has 0 aromatic carbocycles. The zero-order chi connectivity index (χ0) is 24.9. The van der Waals surface area contributed by atoms with E-state index in [0.29, 0.717) is 42.3 Å². The number of nitrogens with one attached hydrogen (secondary N) is 1. The third kappa shape index (κ3) is 4.57. The number of carbonyl (C=O) groups excluding carboxylic acids is 2. The fourth-order valence-electron chi connectivity index (χ4n) is 6.94. The van der Waals surface area contributed by atoms with E-state index in [1.165, 1.54) is 0 Å². The van der Waals surface area contributed by atoms with E-state index in [-0.39, 0.29) is 35.9 Å². The lowest BCUT2D eigenvalue weighted by atomic mass is 9.82. The Kier molecular flexibility index (Phi) is 6.02. The van der Waals surface area contributed by atoms with E-state index in [2.05, 4.69) is 25.6 Å². The maximum absolute atomic E-state index is 13.5. The molecule has 0 radical (unpaired) electrons. The molecule has 10 nitrogen and oxygen atoms in total. The predicted octanol–water partition coefficient (Wildman–Crippen LogP) is 2.55. The number of fused-ring (bicyclic) bond motifs is 2. The van der Waals surface area contributed by atoms with Crippen molar-refractivity contribution in [2.45, 2.75) is 69.1 Å². The van der Waals surface area contributed by atoms with Crippen LogP contribution >= 0.6 is 0 Å². The summed E-state index contributed by atoms with van der Waals surface area (Å²) in [6, 6.07) is 2.47. The van der Waals surface area contributed by atoms with Crippen LogP contribution in [0.1, 0.15) is 66.8 Å². The van der Waals surface area contributed by atoms with Crippen LogP contribution < -0.4 is 10.2 Å². The highest BCUT2D eigenvalue weighted by Crippen LogP contribution is 2.44. The molecule has 1 aromatic heterocycles. The lowest BCUT2D eigenvalue weighted by molar-refractivity contribution is -0.136. The molecule has 3 saturated heterocycles. The van der Waals surface area contributed by atoms with Crippen molar-refractivity contribution in [3.05, 3.63) is 23.4 Å². The molecule has 7 rings (SSSR count). The first-order valence-electron chi connectivity index (χ1n) is 14.1. The maximum atomic E-state index is 13.5. The van der Waals surface area contributed by atoms with Crippen molar-refractivity contribution in [1.82, 2.24) is 20.2 Å². The fraction of sp³-hybridized carbons (Fsp3) is 0.741. The molecule has 2 amide bonds. The third-order valence-electron chi connectivity index (χ3n) is 9.27. The second kappa shape index (κ2) is 9.53. The maximum Gasteiger partial charge on any atom is 0.255 e. The van der Waals surface area contributed by atoms with Gasteiger partial charge in [0, 0.05) is 68.5 Å². The molecule has 2 saturated carbocycles. The number of rotatable bonds is 5. The molecule has 1 N–H and O–H groups in total. The summed E-state index contributed by atoms with van der Waals surface area (Å²) < 4.78 is 11.7. The van der Waals surface area contributed by atoms with Crippen molar-refractivity contribution < 1.29 is 19.1 Å². The highest BCUT2D eigenvalue weighted by atomic mass is 16.5. The van der Waals surface area contributed by atoms with E-state index in [1.807, 2.05) is 11.0 Å². The van der Waals surface area contributed by atoms with Gasteiger partial charge in [-0.3, -0.25) is 15.0 Å². The standard InChI is InChI=1S/C27H36N6O4/c34-26(17-3-4-23-24(10-17)30-31-29-23)32-12-19-14-33(15-20(19)13-32)27(35)18-9-22(16-1-2-16)25(28-11-18)37-21-5-7-36-8-6-21/h9,11,16-17,19-21,23-24H,1-8,10,12-15H2,(H,29,30)/t17-,19+,20+,23?,24?/m1/s1. The van der Waals surface area contributed by atoms with E-state index in [9.17, 15) is 9.59 Å². The highest BCUT2D eigenvalue weighted by Gasteiger charge is 2.46. The zero-order valence-electron chi connectivity index (χ0n) is 21.3. The number of likely N-dealkylation sites (tertiary alicyclic amines) is 2. The molecule has 4 aliphatic heterocycles. The van der Waals surface area contributed by atoms with Gasteiger partial charge in [-0.2, -0.15) is 5.11 Å². The van der Waals surface area contributed by atoms with Crippen molar-refractivity contribution in [3.8, 4) is 5.88 Å². The van der Waals surface area contributed by atoms with Crippen molar-refractivity contribution in [1.29, 1.82) is 0 Å². The summed E-state index contributed by atoms with van der Waals surface area (Å²) >= 11 is 0. The molecule has 5 atom stereocenters. The normalized spacial score (nSPS) is 33.2. The predicted molar refractivity (Wildman–Crippen MR) is 133 cm³/mol. The first-order valence-corrected chi connectivity index (χ1v) is 14.1. The van der Waals surface area contributed by atoms with E-state index in [1.54, 1.807) is 6.20 Å². The molecule has 37 heavy (non-hydrogen) atoms. The van der Waals surface area contributed by atoms with E-state index < -0.39 is 0 Å². The number of carbonyl (C=O) groups is 2. The van der Waals surface area contributed by atoms with Gasteiger partial charge in [0.05, 0.1) is 30.9 Å². The average Bonchev–Trinajstić information content (AvgIpc) is 3.33. The summed E-state index contributed by atoms with van der Waals surface area (Å²) in [6.45, 7) is 4.38. The number of hydrogen-bond donors (Lipinski definition) is 1. The topological polar surface area (TPSA) is 109 Å². The van der Waals surface area contributed by atoms with Crippen molar-refractivity contribution in [2.75, 3.05) is 39.4 Å². The lowest BCUT2D eigenvalue weighted by Crippen LogP contribution is -2.44. The van der Waals surface area contributed by atoms with Crippen LogP contribution in [0.5, 0.6) is 5.88 Å². The van der Waals surface area contributed by atoms with Crippen LogP contribution in [0, 0.1) is 17.8 Å². The zero-order valence-corrected chi connectivity index (χ0v) is 21.3. The van der Waals surface area contributed by atoms with Gasteiger partial charge < -0.3 is 19.3 Å². The second-order valence-electron chi connectivity index (χ2n) is 11.8. The fourth-order valence-corrected chi connectivity index (χ4v) is 6.94. The summed E-state index contributed by atoms with van der Waals surface area (Å²) in [6.07, 6.45) is 8.49. The molecule has 198 valence electrons. The summed E-state index contributed by atoms with van der Waals surface area (Å²) in [4.78, 5) is 35.4. The number of aromatic nitrogens is 1. The van der Waals surface area contributed by atoms with Crippen LogP contribution in [0.25, 0.3) is 0 Å². The smallest absolute Gasteiger partial charge is 0.255 e. The van der Waals surface area contributed by atoms with Gasteiger partial charge in [-0.1, -0.05) is 5.22 Å². The molecule has 10 heteroatoms. The Morgan fingerprint density at radius 1 is 0.973 bits per heavy atom. The second-order valence-corrected chi connectivity index (χ2v) is 11.8. The van der Waals surface area contributed by atoms with Crippen LogP contribution in [0.2, 0.25) is 0 Å². The molecule has 0 bridgehead atoms. The summed E-state index contributed by atoms with van der Waals surface area (Å²) in [5, 5.41) is 8.19. The average molecular weight is 509 g/mol. The quantitative estimate of drug-likeness (QED) is 0.655. The molecular formula is C27H36N6O4. The molecule has 1 aromatic rings. The molecule has 2 aliphatic carbocycles. The minimum atomic E-state index is 0.0532. The Morgan fingerprint density at radius 2 is 1.73 bits per heavy atom. The molecule has 0 spiro atoms. The Labute approximate surface area is 217 Å². The first-order chi connectivity index (χ1) is 18.1. The first kappa shape index (κ1) is 23.4. The van der Waals surface area contributed by atoms with Crippen LogP contribution in [0.3, 0.4) is 0 Å². The Morgan fingerprint density at radius 3 is 2.49 bits per heavy atom. The van der Waals surface area contributed by atoms with Gasteiger partial charge in [-0.15, -0.1) is 0 Å². The van der Waals surface area contributed by atoms with E-state index in [4.69, 9.17) is 9.47 Å². The largest absolute Gasteiger partial charge is 0.474 e. The van der Waals surface area contributed by atoms with Crippen LogP contribution in [-0.2, 0) is 9.53 Å². The van der Waals surface area contributed by atoms with E-state index in [0.717, 1.165) is 76.8 Å². The summed E-state index contributed by atoms with van der Waals surface area (Å²) in [7, 11) is 0. The van der Waals surface area contributed by atoms with E-state index >= 15 is 0 Å². The molecule has 2 unspecified atom stereocenters. The van der Waals surface area contributed by atoms with Gasteiger partial charge in [0.1, 0.15) is 6.10 Å². The number of pyridine rings is 1. The Bertz CT molecular complexity index is 1070. The monoisotopic (exact) mass is 508 g/mol. The number of ether oxygens (including phenoxy) is 2. The SMILES string of the molecule is O=C(c1cnc(OC2CCOCC2)c(C2CC2)c1)N1C[C@@H]2CN(C(=O)[C@@H]3CCC4N=NNC4C3)C[C@H]2C1. The third-order valence-corrected chi connectivity index (χ3v) is 9.27. The minimum Gasteiger partial charge on any atom is -0.474 e. The number of hydrogen-bond acceptors (Lipinski definition) is 8. The highest BCUT2D eigenvalue weighted by molar-refractivity contribution is 5.94. The van der Waals surface area contributed by atoms with Crippen molar-refractivity contribution >= 4 is 11.8 Å². The Hall–Kier alpha value is -2.75. The van der Waals surface area contributed by atoms with Crippen LogP contribution in [0.15, 0.2) is 22.6 Å². The summed E-state index contributed by atoms with van der Waals surface area (Å²) in [5.41, 5.74) is 4.81. The van der Waals surface area contributed by atoms with Gasteiger partial charge in [-0.25, -0.2) is 4.98 Å². The molecule has 5 heterocycles.